The Morgan fingerprint density at radius 3 is 2.39 bits per heavy atom. The number of carbonyl (C=O) groups is 2. The lowest BCUT2D eigenvalue weighted by atomic mass is 9.95. The fourth-order valence-corrected chi connectivity index (χ4v) is 3.67. The van der Waals surface area contributed by atoms with Gasteiger partial charge in [-0.15, -0.1) is 11.3 Å². The van der Waals surface area contributed by atoms with Gasteiger partial charge in [0.05, 0.1) is 18.3 Å². The number of ketones is 1. The van der Waals surface area contributed by atoms with Gasteiger partial charge in [0.25, 0.3) is 5.56 Å². The molecule has 1 N–H and O–H groups in total. The van der Waals surface area contributed by atoms with Crippen LogP contribution in [-0.4, -0.2) is 21.2 Å². The number of fused-ring (bicyclic) bond motifs is 1. The quantitative estimate of drug-likeness (QED) is 0.676. The number of benzene rings is 1. The van der Waals surface area contributed by atoms with E-state index in [2.05, 4.69) is 10.3 Å². The number of anilines is 1. The molecule has 0 saturated carbocycles. The molecule has 0 atom stereocenters. The standard InChI is InChI=1S/C21H23N3O3S/c1-12-13(2)28-18-17(12)19(26)24(11-22-18)10-16(25)14-6-8-15(9-7-14)23-20(27)21(3,4)5/h6-9,11H,10H2,1-5H3,(H,23,27). The minimum absolute atomic E-state index is 0.0796. The third-order valence-corrected chi connectivity index (χ3v) is 5.73. The Kier molecular flexibility index (Phi) is 5.21. The molecule has 146 valence electrons. The van der Waals surface area contributed by atoms with E-state index in [1.165, 1.54) is 22.2 Å². The topological polar surface area (TPSA) is 81.1 Å². The Bertz CT molecular complexity index is 1120. The zero-order valence-corrected chi connectivity index (χ0v) is 17.4. The molecule has 28 heavy (non-hydrogen) atoms. The van der Waals surface area contributed by atoms with Crippen LogP contribution in [0.25, 0.3) is 10.2 Å². The molecule has 0 aliphatic carbocycles. The molecule has 0 aliphatic rings. The molecule has 6 nitrogen and oxygen atoms in total. The fourth-order valence-electron chi connectivity index (χ4n) is 2.69. The average Bonchev–Trinajstić information content (AvgIpc) is 2.92. The molecule has 2 aromatic heterocycles. The van der Waals surface area contributed by atoms with Gasteiger partial charge >= 0.3 is 0 Å². The van der Waals surface area contributed by atoms with Crippen LogP contribution in [0.2, 0.25) is 0 Å². The molecule has 3 rings (SSSR count). The van der Waals surface area contributed by atoms with E-state index in [4.69, 9.17) is 0 Å². The maximum Gasteiger partial charge on any atom is 0.262 e. The number of thiophene rings is 1. The fraction of sp³-hybridized carbons (Fsp3) is 0.333. The Hall–Kier alpha value is -2.80. The Morgan fingerprint density at radius 2 is 1.79 bits per heavy atom. The van der Waals surface area contributed by atoms with Crippen LogP contribution in [0.3, 0.4) is 0 Å². The first-order chi connectivity index (χ1) is 13.1. The van der Waals surface area contributed by atoms with Crippen molar-refractivity contribution in [3.63, 3.8) is 0 Å². The van der Waals surface area contributed by atoms with Crippen LogP contribution in [0.4, 0.5) is 5.69 Å². The number of nitrogens with zero attached hydrogens (tertiary/aromatic N) is 2. The summed E-state index contributed by atoms with van der Waals surface area (Å²) >= 11 is 1.48. The largest absolute Gasteiger partial charge is 0.326 e. The summed E-state index contributed by atoms with van der Waals surface area (Å²) in [6, 6.07) is 6.68. The summed E-state index contributed by atoms with van der Waals surface area (Å²) in [5.41, 5.74) is 1.31. The second-order valence-corrected chi connectivity index (χ2v) is 9.05. The molecule has 0 bridgehead atoms. The van der Waals surface area contributed by atoms with Gasteiger partial charge in [-0.25, -0.2) is 4.98 Å². The van der Waals surface area contributed by atoms with E-state index in [-0.39, 0.29) is 23.8 Å². The number of carbonyl (C=O) groups excluding carboxylic acids is 2. The van der Waals surface area contributed by atoms with Crippen LogP contribution in [0.5, 0.6) is 0 Å². The SMILES string of the molecule is Cc1sc2ncn(CC(=O)c3ccc(NC(=O)C(C)(C)C)cc3)c(=O)c2c1C. The highest BCUT2D eigenvalue weighted by Gasteiger charge is 2.21. The van der Waals surface area contributed by atoms with Crippen molar-refractivity contribution in [2.75, 3.05) is 5.32 Å². The molecule has 2 heterocycles. The van der Waals surface area contributed by atoms with Crippen molar-refractivity contribution in [2.24, 2.45) is 5.41 Å². The maximum atomic E-state index is 12.7. The van der Waals surface area contributed by atoms with E-state index in [1.807, 2.05) is 34.6 Å². The Morgan fingerprint density at radius 1 is 1.14 bits per heavy atom. The van der Waals surface area contributed by atoms with Crippen LogP contribution in [0, 0.1) is 19.3 Å². The molecule has 0 aliphatic heterocycles. The van der Waals surface area contributed by atoms with Crippen LogP contribution < -0.4 is 10.9 Å². The van der Waals surface area contributed by atoms with Crippen molar-refractivity contribution in [2.45, 2.75) is 41.2 Å². The third-order valence-electron chi connectivity index (χ3n) is 4.62. The van der Waals surface area contributed by atoms with Gasteiger partial charge in [0.1, 0.15) is 4.83 Å². The predicted octanol–water partition coefficient (Wildman–Crippen LogP) is 3.94. The van der Waals surface area contributed by atoms with Crippen molar-refractivity contribution in [1.29, 1.82) is 0 Å². The summed E-state index contributed by atoms with van der Waals surface area (Å²) in [4.78, 5) is 43.5. The van der Waals surface area contributed by atoms with E-state index in [0.717, 1.165) is 10.4 Å². The average molecular weight is 398 g/mol. The highest BCUT2D eigenvalue weighted by Crippen LogP contribution is 2.25. The van der Waals surface area contributed by atoms with Gasteiger partial charge in [-0.2, -0.15) is 0 Å². The molecule has 0 saturated heterocycles. The summed E-state index contributed by atoms with van der Waals surface area (Å²) in [7, 11) is 0. The third kappa shape index (κ3) is 3.89. The second-order valence-electron chi connectivity index (χ2n) is 7.85. The number of hydrogen-bond acceptors (Lipinski definition) is 5. The molecule has 3 aromatic rings. The number of aromatic nitrogens is 2. The number of rotatable bonds is 4. The van der Waals surface area contributed by atoms with Crippen LogP contribution in [-0.2, 0) is 11.3 Å². The lowest BCUT2D eigenvalue weighted by molar-refractivity contribution is -0.123. The van der Waals surface area contributed by atoms with E-state index in [1.54, 1.807) is 24.3 Å². The van der Waals surface area contributed by atoms with Gasteiger partial charge < -0.3 is 5.32 Å². The lowest BCUT2D eigenvalue weighted by Crippen LogP contribution is -2.27. The first kappa shape index (κ1) is 19.9. The highest BCUT2D eigenvalue weighted by atomic mass is 32.1. The lowest BCUT2D eigenvalue weighted by Gasteiger charge is -2.17. The monoisotopic (exact) mass is 397 g/mol. The van der Waals surface area contributed by atoms with Crippen LogP contribution in [0.1, 0.15) is 41.6 Å². The van der Waals surface area contributed by atoms with E-state index in [0.29, 0.717) is 21.5 Å². The van der Waals surface area contributed by atoms with Gasteiger partial charge in [0, 0.05) is 21.5 Å². The number of nitrogens with one attached hydrogen (secondary N) is 1. The normalized spacial score (nSPS) is 11.6. The summed E-state index contributed by atoms with van der Waals surface area (Å²) in [6.07, 6.45) is 1.43. The number of amides is 1. The summed E-state index contributed by atoms with van der Waals surface area (Å²) < 4.78 is 1.35. The molecule has 0 fully saturated rings. The van der Waals surface area contributed by atoms with Crippen molar-refractivity contribution in [1.82, 2.24) is 9.55 Å². The van der Waals surface area contributed by atoms with Crippen molar-refractivity contribution >= 4 is 38.9 Å². The number of aryl methyl sites for hydroxylation is 2. The maximum absolute atomic E-state index is 12.7. The Labute approximate surface area is 167 Å². The smallest absolute Gasteiger partial charge is 0.262 e. The molecule has 0 radical (unpaired) electrons. The van der Waals surface area contributed by atoms with Crippen molar-refractivity contribution in [3.8, 4) is 0 Å². The first-order valence-electron chi connectivity index (χ1n) is 8.98. The summed E-state index contributed by atoms with van der Waals surface area (Å²) in [6.45, 7) is 9.27. The van der Waals surface area contributed by atoms with E-state index < -0.39 is 5.41 Å². The molecule has 1 aromatic carbocycles. The molecule has 1 amide bonds. The minimum atomic E-state index is -0.501. The minimum Gasteiger partial charge on any atom is -0.326 e. The van der Waals surface area contributed by atoms with Crippen LogP contribution >= 0.6 is 11.3 Å². The second kappa shape index (κ2) is 7.31. The predicted molar refractivity (Wildman–Crippen MR) is 112 cm³/mol. The summed E-state index contributed by atoms with van der Waals surface area (Å²) in [5, 5.41) is 3.40. The number of Topliss-reactive ketones (excluding diaryl/α,β-unsaturated/α-hetero) is 1. The molecule has 7 heteroatoms. The molecular weight excluding hydrogens is 374 g/mol. The van der Waals surface area contributed by atoms with E-state index >= 15 is 0 Å². The molecular formula is C21H23N3O3S. The first-order valence-corrected chi connectivity index (χ1v) is 9.79. The van der Waals surface area contributed by atoms with Crippen LogP contribution in [0.15, 0.2) is 35.4 Å². The molecule has 0 spiro atoms. The van der Waals surface area contributed by atoms with Gasteiger partial charge in [0.2, 0.25) is 5.91 Å². The van der Waals surface area contributed by atoms with E-state index in [9.17, 15) is 14.4 Å². The molecule has 0 unspecified atom stereocenters. The zero-order chi connectivity index (χ0) is 20.6. The number of hydrogen-bond donors (Lipinski definition) is 1. The highest BCUT2D eigenvalue weighted by molar-refractivity contribution is 7.18. The zero-order valence-electron chi connectivity index (χ0n) is 16.6. The van der Waals surface area contributed by atoms with Crippen molar-refractivity contribution in [3.05, 3.63) is 57.0 Å². The van der Waals surface area contributed by atoms with Crippen molar-refractivity contribution < 1.29 is 9.59 Å². The van der Waals surface area contributed by atoms with Gasteiger partial charge in [-0.1, -0.05) is 20.8 Å². The van der Waals surface area contributed by atoms with Gasteiger partial charge in [-0.05, 0) is 43.7 Å². The Balaban J connectivity index is 1.79. The van der Waals surface area contributed by atoms with Gasteiger partial charge in [0.15, 0.2) is 5.78 Å². The summed E-state index contributed by atoms with van der Waals surface area (Å²) in [5.74, 6) is -0.291. The van der Waals surface area contributed by atoms with Gasteiger partial charge in [-0.3, -0.25) is 19.0 Å².